The largest absolute Gasteiger partial charge is 0.350 e. The molecule has 1 amide bonds. The number of nitrogens with zero attached hydrogens (tertiary/aromatic N) is 3. The summed E-state index contributed by atoms with van der Waals surface area (Å²) in [5.41, 5.74) is 1.83. The monoisotopic (exact) mass is 361 g/mol. The van der Waals surface area contributed by atoms with E-state index in [2.05, 4.69) is 25.6 Å². The van der Waals surface area contributed by atoms with Gasteiger partial charge in [0.05, 0.1) is 11.5 Å². The van der Waals surface area contributed by atoms with Crippen LogP contribution in [-0.4, -0.2) is 46.8 Å². The Morgan fingerprint density at radius 2 is 2.20 bits per heavy atom. The SMILES string of the molecule is Cc1cc(C(=O)NC2CCS(=O)(=O)C2)nc(NCc2cccnc2)n1. The summed E-state index contributed by atoms with van der Waals surface area (Å²) in [6, 6.07) is 4.97. The first kappa shape index (κ1) is 17.3. The minimum Gasteiger partial charge on any atom is -0.350 e. The van der Waals surface area contributed by atoms with Crippen LogP contribution in [0.2, 0.25) is 0 Å². The number of rotatable bonds is 5. The standard InChI is InChI=1S/C16H19N5O3S/c1-11-7-14(15(22)20-13-4-6-25(23,24)10-13)21-16(19-11)18-9-12-3-2-5-17-8-12/h2-3,5,7-8,13H,4,6,9-10H2,1H3,(H,20,22)(H,18,19,21). The summed E-state index contributed by atoms with van der Waals surface area (Å²) in [4.78, 5) is 24.9. The number of amides is 1. The van der Waals surface area contributed by atoms with E-state index >= 15 is 0 Å². The lowest BCUT2D eigenvalue weighted by Crippen LogP contribution is -2.36. The minimum absolute atomic E-state index is 0.0189. The van der Waals surface area contributed by atoms with Gasteiger partial charge in [-0.2, -0.15) is 0 Å². The topological polar surface area (TPSA) is 114 Å². The number of carbonyl (C=O) groups is 1. The Bertz CT molecular complexity index is 871. The number of carbonyl (C=O) groups excluding carboxylic acids is 1. The molecule has 2 N–H and O–H groups in total. The number of sulfone groups is 1. The number of anilines is 1. The Balaban J connectivity index is 1.67. The number of pyridine rings is 1. The van der Waals surface area contributed by atoms with Crippen molar-refractivity contribution in [2.45, 2.75) is 25.9 Å². The molecule has 1 saturated heterocycles. The Morgan fingerprint density at radius 1 is 1.36 bits per heavy atom. The molecule has 3 heterocycles. The number of aromatic nitrogens is 3. The summed E-state index contributed by atoms with van der Waals surface area (Å²) >= 11 is 0. The van der Waals surface area contributed by atoms with Crippen molar-refractivity contribution in [3.63, 3.8) is 0 Å². The van der Waals surface area contributed by atoms with Crippen molar-refractivity contribution < 1.29 is 13.2 Å². The maximum absolute atomic E-state index is 12.4. The molecule has 2 aromatic heterocycles. The van der Waals surface area contributed by atoms with Crippen LogP contribution >= 0.6 is 0 Å². The second-order valence-electron chi connectivity index (χ2n) is 6.01. The van der Waals surface area contributed by atoms with Gasteiger partial charge in [0.1, 0.15) is 5.69 Å². The first-order chi connectivity index (χ1) is 11.9. The molecule has 1 atom stereocenters. The molecular formula is C16H19N5O3S. The van der Waals surface area contributed by atoms with Crippen LogP contribution in [0.1, 0.15) is 28.2 Å². The van der Waals surface area contributed by atoms with Crippen LogP contribution in [0.25, 0.3) is 0 Å². The Morgan fingerprint density at radius 3 is 2.88 bits per heavy atom. The third kappa shape index (κ3) is 4.72. The molecule has 0 spiro atoms. The van der Waals surface area contributed by atoms with Crippen molar-refractivity contribution in [2.75, 3.05) is 16.8 Å². The molecule has 0 radical (unpaired) electrons. The van der Waals surface area contributed by atoms with Crippen molar-refractivity contribution in [1.29, 1.82) is 0 Å². The molecule has 0 aromatic carbocycles. The summed E-state index contributed by atoms with van der Waals surface area (Å²) in [5.74, 6) is 0.0400. The predicted octanol–water partition coefficient (Wildman–Crippen LogP) is 0.709. The summed E-state index contributed by atoms with van der Waals surface area (Å²) in [7, 11) is -3.04. The first-order valence-electron chi connectivity index (χ1n) is 7.91. The molecule has 1 fully saturated rings. The highest BCUT2D eigenvalue weighted by Crippen LogP contribution is 2.13. The van der Waals surface area contributed by atoms with E-state index in [9.17, 15) is 13.2 Å². The van der Waals surface area contributed by atoms with Gasteiger partial charge in [-0.15, -0.1) is 0 Å². The molecule has 2 aromatic rings. The van der Waals surface area contributed by atoms with Crippen LogP contribution in [-0.2, 0) is 16.4 Å². The lowest BCUT2D eigenvalue weighted by molar-refractivity contribution is 0.0936. The number of hydrogen-bond donors (Lipinski definition) is 2. The van der Waals surface area contributed by atoms with Crippen molar-refractivity contribution in [3.8, 4) is 0 Å². The van der Waals surface area contributed by atoms with Gasteiger partial charge < -0.3 is 10.6 Å². The molecule has 9 heteroatoms. The van der Waals surface area contributed by atoms with E-state index in [4.69, 9.17) is 0 Å². The van der Waals surface area contributed by atoms with E-state index in [1.807, 2.05) is 12.1 Å². The fourth-order valence-corrected chi connectivity index (χ4v) is 4.29. The van der Waals surface area contributed by atoms with Crippen LogP contribution < -0.4 is 10.6 Å². The van der Waals surface area contributed by atoms with E-state index in [1.165, 1.54) is 0 Å². The smallest absolute Gasteiger partial charge is 0.270 e. The highest BCUT2D eigenvalue weighted by molar-refractivity contribution is 7.91. The van der Waals surface area contributed by atoms with Gasteiger partial charge >= 0.3 is 0 Å². The maximum atomic E-state index is 12.4. The van der Waals surface area contributed by atoms with Gasteiger partial charge in [0, 0.05) is 30.7 Å². The summed E-state index contributed by atoms with van der Waals surface area (Å²) in [6.45, 7) is 2.26. The molecule has 1 aliphatic rings. The third-order valence-electron chi connectivity index (χ3n) is 3.83. The Labute approximate surface area is 146 Å². The van der Waals surface area contributed by atoms with Gasteiger partial charge in [0.15, 0.2) is 9.84 Å². The normalized spacial score (nSPS) is 18.7. The van der Waals surface area contributed by atoms with E-state index in [0.29, 0.717) is 24.6 Å². The van der Waals surface area contributed by atoms with Gasteiger partial charge in [-0.25, -0.2) is 18.4 Å². The lowest BCUT2D eigenvalue weighted by atomic mass is 10.2. The van der Waals surface area contributed by atoms with E-state index in [-0.39, 0.29) is 23.2 Å². The quantitative estimate of drug-likeness (QED) is 0.806. The molecule has 132 valence electrons. The highest BCUT2D eigenvalue weighted by atomic mass is 32.2. The van der Waals surface area contributed by atoms with Gasteiger partial charge in [-0.1, -0.05) is 6.07 Å². The fourth-order valence-electron chi connectivity index (χ4n) is 2.62. The summed E-state index contributed by atoms with van der Waals surface area (Å²) in [5, 5.41) is 5.80. The number of aryl methyl sites for hydroxylation is 1. The van der Waals surface area contributed by atoms with Crippen molar-refractivity contribution in [2.24, 2.45) is 0 Å². The van der Waals surface area contributed by atoms with Crippen LogP contribution in [0.4, 0.5) is 5.95 Å². The van der Waals surface area contributed by atoms with Gasteiger partial charge in [0.25, 0.3) is 5.91 Å². The third-order valence-corrected chi connectivity index (χ3v) is 5.60. The maximum Gasteiger partial charge on any atom is 0.270 e. The minimum atomic E-state index is -3.04. The van der Waals surface area contributed by atoms with Crippen LogP contribution in [0, 0.1) is 6.92 Å². The van der Waals surface area contributed by atoms with Gasteiger partial charge in [-0.3, -0.25) is 9.78 Å². The molecule has 25 heavy (non-hydrogen) atoms. The van der Waals surface area contributed by atoms with Gasteiger partial charge in [0.2, 0.25) is 5.95 Å². The summed E-state index contributed by atoms with van der Waals surface area (Å²) < 4.78 is 23.0. The Hall–Kier alpha value is -2.55. The molecule has 8 nitrogen and oxygen atoms in total. The van der Waals surface area contributed by atoms with Crippen LogP contribution in [0.5, 0.6) is 0 Å². The Kier molecular flexibility index (Phi) is 4.93. The predicted molar refractivity (Wildman–Crippen MR) is 92.9 cm³/mol. The van der Waals surface area contributed by atoms with E-state index in [0.717, 1.165) is 5.56 Å². The number of hydrogen-bond acceptors (Lipinski definition) is 7. The van der Waals surface area contributed by atoms with Crippen LogP contribution in [0.15, 0.2) is 30.6 Å². The fraction of sp³-hybridized carbons (Fsp3) is 0.375. The van der Waals surface area contributed by atoms with E-state index < -0.39 is 15.7 Å². The zero-order chi connectivity index (χ0) is 17.9. The zero-order valence-electron chi connectivity index (χ0n) is 13.8. The molecule has 0 saturated carbocycles. The average molecular weight is 361 g/mol. The molecular weight excluding hydrogens is 342 g/mol. The molecule has 0 bridgehead atoms. The molecule has 1 aliphatic heterocycles. The second kappa shape index (κ2) is 7.14. The lowest BCUT2D eigenvalue weighted by Gasteiger charge is -2.12. The van der Waals surface area contributed by atoms with Crippen molar-refractivity contribution in [3.05, 3.63) is 47.5 Å². The molecule has 0 aliphatic carbocycles. The zero-order valence-corrected chi connectivity index (χ0v) is 14.6. The summed E-state index contributed by atoms with van der Waals surface area (Å²) in [6.07, 6.45) is 3.86. The van der Waals surface area contributed by atoms with Crippen LogP contribution in [0.3, 0.4) is 0 Å². The van der Waals surface area contributed by atoms with Crippen molar-refractivity contribution in [1.82, 2.24) is 20.3 Å². The van der Waals surface area contributed by atoms with Crippen molar-refractivity contribution >= 4 is 21.7 Å². The van der Waals surface area contributed by atoms with Gasteiger partial charge in [-0.05, 0) is 31.0 Å². The highest BCUT2D eigenvalue weighted by Gasteiger charge is 2.29. The number of nitrogens with one attached hydrogen (secondary N) is 2. The molecule has 3 rings (SSSR count). The first-order valence-corrected chi connectivity index (χ1v) is 9.73. The average Bonchev–Trinajstić information content (AvgIpc) is 2.92. The molecule has 1 unspecified atom stereocenters. The van der Waals surface area contributed by atoms with E-state index in [1.54, 1.807) is 25.4 Å². The second-order valence-corrected chi connectivity index (χ2v) is 8.24.